The van der Waals surface area contributed by atoms with Gasteiger partial charge in [-0.05, 0) is 44.0 Å². The van der Waals surface area contributed by atoms with Crippen LogP contribution in [-0.2, 0) is 16.1 Å². The van der Waals surface area contributed by atoms with Crippen LogP contribution in [0.3, 0.4) is 0 Å². The zero-order chi connectivity index (χ0) is 19.3. The molecule has 8 nitrogen and oxygen atoms in total. The number of amides is 4. The van der Waals surface area contributed by atoms with E-state index in [-0.39, 0.29) is 24.3 Å². The lowest BCUT2D eigenvalue weighted by molar-refractivity contribution is -0.136. The predicted octanol–water partition coefficient (Wildman–Crippen LogP) is 0.0109. The van der Waals surface area contributed by atoms with Gasteiger partial charge in [0.1, 0.15) is 6.04 Å². The van der Waals surface area contributed by atoms with Crippen LogP contribution < -0.4 is 11.1 Å². The molecule has 3 aliphatic rings. The SMILES string of the molecule is CN(Cc1ccc2c(c1)C(=O)N(C1CCC(=O)NC1=O)C2=O)CC1(N)CC1. The number of imide groups is 2. The number of piperidine rings is 1. The summed E-state index contributed by atoms with van der Waals surface area (Å²) in [6.07, 6.45) is 2.32. The van der Waals surface area contributed by atoms with Crippen molar-refractivity contribution in [1.82, 2.24) is 15.1 Å². The molecule has 8 heteroatoms. The fourth-order valence-corrected chi connectivity index (χ4v) is 3.84. The van der Waals surface area contributed by atoms with Gasteiger partial charge in [0.15, 0.2) is 0 Å². The van der Waals surface area contributed by atoms with E-state index >= 15 is 0 Å². The molecule has 1 saturated heterocycles. The lowest BCUT2D eigenvalue weighted by Crippen LogP contribution is -2.54. The molecule has 1 aromatic rings. The number of benzene rings is 1. The highest BCUT2D eigenvalue weighted by Gasteiger charge is 2.44. The Morgan fingerprint density at radius 1 is 1.19 bits per heavy atom. The van der Waals surface area contributed by atoms with Gasteiger partial charge in [0.05, 0.1) is 11.1 Å². The minimum atomic E-state index is -0.937. The average Bonchev–Trinajstić information content (AvgIpc) is 3.27. The third-order valence-corrected chi connectivity index (χ3v) is 5.43. The van der Waals surface area contributed by atoms with Crippen LogP contribution in [0.4, 0.5) is 0 Å². The van der Waals surface area contributed by atoms with E-state index in [9.17, 15) is 19.2 Å². The molecule has 1 unspecified atom stereocenters. The van der Waals surface area contributed by atoms with Crippen molar-refractivity contribution in [2.24, 2.45) is 5.73 Å². The highest BCUT2D eigenvalue weighted by atomic mass is 16.2. The van der Waals surface area contributed by atoms with Crippen LogP contribution in [0.15, 0.2) is 18.2 Å². The second-order valence-electron chi connectivity index (χ2n) is 7.86. The number of hydrogen-bond acceptors (Lipinski definition) is 6. The summed E-state index contributed by atoms with van der Waals surface area (Å²) < 4.78 is 0. The number of nitrogens with zero attached hydrogens (tertiary/aromatic N) is 2. The normalized spacial score (nSPS) is 23.7. The van der Waals surface area contributed by atoms with E-state index in [1.54, 1.807) is 12.1 Å². The topological polar surface area (TPSA) is 113 Å². The molecule has 1 atom stereocenters. The Hall–Kier alpha value is -2.58. The monoisotopic (exact) mass is 370 g/mol. The summed E-state index contributed by atoms with van der Waals surface area (Å²) in [5.41, 5.74) is 7.57. The smallest absolute Gasteiger partial charge is 0.262 e. The molecule has 1 aliphatic carbocycles. The predicted molar refractivity (Wildman–Crippen MR) is 95.6 cm³/mol. The third-order valence-electron chi connectivity index (χ3n) is 5.43. The minimum Gasteiger partial charge on any atom is -0.324 e. The Bertz CT molecular complexity index is 861. The van der Waals surface area contributed by atoms with Gasteiger partial charge >= 0.3 is 0 Å². The first kappa shape index (κ1) is 17.8. The fraction of sp³-hybridized carbons (Fsp3) is 0.474. The fourth-order valence-electron chi connectivity index (χ4n) is 3.84. The highest BCUT2D eigenvalue weighted by molar-refractivity contribution is 6.23. The van der Waals surface area contributed by atoms with Crippen LogP contribution in [0.5, 0.6) is 0 Å². The second-order valence-corrected chi connectivity index (χ2v) is 7.86. The first-order valence-corrected chi connectivity index (χ1v) is 9.09. The molecule has 2 fully saturated rings. The number of nitrogens with one attached hydrogen (secondary N) is 1. The number of fused-ring (bicyclic) bond motifs is 1. The summed E-state index contributed by atoms with van der Waals surface area (Å²) in [5.74, 6) is -1.94. The zero-order valence-corrected chi connectivity index (χ0v) is 15.2. The Morgan fingerprint density at radius 3 is 2.56 bits per heavy atom. The summed E-state index contributed by atoms with van der Waals surface area (Å²) in [5, 5.41) is 2.20. The van der Waals surface area contributed by atoms with Gasteiger partial charge in [-0.1, -0.05) is 6.07 Å². The van der Waals surface area contributed by atoms with Crippen LogP contribution in [0, 0.1) is 0 Å². The Kier molecular flexibility index (Phi) is 4.12. The molecule has 0 bridgehead atoms. The molecule has 0 aromatic heterocycles. The lowest BCUT2D eigenvalue weighted by Gasteiger charge is -2.27. The minimum absolute atomic E-state index is 0.0974. The van der Waals surface area contributed by atoms with Crippen molar-refractivity contribution in [1.29, 1.82) is 0 Å². The molecule has 1 aromatic carbocycles. The molecule has 0 spiro atoms. The summed E-state index contributed by atoms with van der Waals surface area (Å²) in [4.78, 5) is 52.0. The summed E-state index contributed by atoms with van der Waals surface area (Å²) >= 11 is 0. The van der Waals surface area contributed by atoms with Crippen LogP contribution in [0.25, 0.3) is 0 Å². The number of rotatable bonds is 5. The van der Waals surface area contributed by atoms with E-state index in [2.05, 4.69) is 10.2 Å². The number of carbonyl (C=O) groups is 4. The number of nitrogens with two attached hydrogens (primary N) is 1. The molecule has 1 saturated carbocycles. The summed E-state index contributed by atoms with van der Waals surface area (Å²) in [6.45, 7) is 1.39. The van der Waals surface area contributed by atoms with Crippen molar-refractivity contribution in [3.8, 4) is 0 Å². The maximum Gasteiger partial charge on any atom is 0.262 e. The third kappa shape index (κ3) is 3.26. The first-order valence-electron chi connectivity index (χ1n) is 9.09. The zero-order valence-electron chi connectivity index (χ0n) is 15.2. The number of hydrogen-bond donors (Lipinski definition) is 2. The number of carbonyl (C=O) groups excluding carboxylic acids is 4. The summed E-state index contributed by atoms with van der Waals surface area (Å²) in [7, 11) is 1.98. The van der Waals surface area contributed by atoms with Gasteiger partial charge in [0.2, 0.25) is 11.8 Å². The Labute approximate surface area is 156 Å². The van der Waals surface area contributed by atoms with Crippen molar-refractivity contribution in [3.63, 3.8) is 0 Å². The van der Waals surface area contributed by atoms with Gasteiger partial charge in [0, 0.05) is 25.0 Å². The molecule has 3 N–H and O–H groups in total. The van der Waals surface area contributed by atoms with Crippen LogP contribution in [0.1, 0.15) is 52.0 Å². The van der Waals surface area contributed by atoms with Gasteiger partial charge < -0.3 is 10.6 Å². The molecule has 4 amide bonds. The van der Waals surface area contributed by atoms with Crippen molar-refractivity contribution in [3.05, 3.63) is 34.9 Å². The second kappa shape index (κ2) is 6.24. The van der Waals surface area contributed by atoms with E-state index < -0.39 is 23.8 Å². The highest BCUT2D eigenvalue weighted by Crippen LogP contribution is 2.33. The van der Waals surface area contributed by atoms with E-state index in [4.69, 9.17) is 5.73 Å². The Balaban J connectivity index is 1.53. The van der Waals surface area contributed by atoms with Gasteiger partial charge in [-0.2, -0.15) is 0 Å². The summed E-state index contributed by atoms with van der Waals surface area (Å²) in [6, 6.07) is 4.24. The van der Waals surface area contributed by atoms with Crippen molar-refractivity contribution in [2.75, 3.05) is 13.6 Å². The van der Waals surface area contributed by atoms with E-state index in [0.29, 0.717) is 17.7 Å². The molecule has 27 heavy (non-hydrogen) atoms. The molecular weight excluding hydrogens is 348 g/mol. The standard InChI is InChI=1S/C19H22N4O4/c1-22(10-19(20)6-7-19)9-11-2-3-12-13(8-11)18(27)23(17(12)26)14-4-5-15(24)21-16(14)25/h2-3,8,14H,4-7,9-10,20H2,1H3,(H,21,24,25). The van der Waals surface area contributed by atoms with Gasteiger partial charge in [-0.3, -0.25) is 29.4 Å². The average molecular weight is 370 g/mol. The first-order chi connectivity index (χ1) is 12.8. The van der Waals surface area contributed by atoms with Crippen LogP contribution in [0.2, 0.25) is 0 Å². The maximum absolute atomic E-state index is 12.8. The van der Waals surface area contributed by atoms with Crippen molar-refractivity contribution >= 4 is 23.6 Å². The van der Waals surface area contributed by atoms with Crippen molar-refractivity contribution in [2.45, 2.75) is 43.8 Å². The molecule has 2 heterocycles. The molecule has 2 aliphatic heterocycles. The van der Waals surface area contributed by atoms with Gasteiger partial charge in [0.25, 0.3) is 11.8 Å². The molecule has 4 rings (SSSR count). The van der Waals surface area contributed by atoms with E-state index in [1.807, 2.05) is 13.1 Å². The van der Waals surface area contributed by atoms with Crippen LogP contribution in [-0.4, -0.2) is 58.6 Å². The van der Waals surface area contributed by atoms with Gasteiger partial charge in [-0.15, -0.1) is 0 Å². The molecule has 0 radical (unpaired) electrons. The lowest BCUT2D eigenvalue weighted by atomic mass is 10.0. The quantitative estimate of drug-likeness (QED) is 0.706. The maximum atomic E-state index is 12.8. The van der Waals surface area contributed by atoms with Crippen LogP contribution >= 0.6 is 0 Å². The number of likely N-dealkylation sites (N-methyl/N-ethyl adjacent to an activating group) is 1. The molecular formula is C19H22N4O4. The largest absolute Gasteiger partial charge is 0.324 e. The molecule has 142 valence electrons. The van der Waals surface area contributed by atoms with E-state index in [0.717, 1.165) is 29.8 Å². The van der Waals surface area contributed by atoms with Crippen molar-refractivity contribution < 1.29 is 19.2 Å². The van der Waals surface area contributed by atoms with Gasteiger partial charge in [-0.25, -0.2) is 0 Å². The van der Waals surface area contributed by atoms with E-state index in [1.165, 1.54) is 0 Å². The Morgan fingerprint density at radius 2 is 1.89 bits per heavy atom.